The molecule has 0 aliphatic heterocycles. The van der Waals surface area contributed by atoms with Crippen molar-refractivity contribution in [3.63, 3.8) is 0 Å². The highest BCUT2D eigenvalue weighted by Crippen LogP contribution is 2.43. The first-order valence-electron chi connectivity index (χ1n) is 32.0. The summed E-state index contributed by atoms with van der Waals surface area (Å²) in [6, 6.07) is 120. The van der Waals surface area contributed by atoms with Crippen LogP contribution in [0.4, 0.5) is 0 Å². The van der Waals surface area contributed by atoms with Gasteiger partial charge in [-0.25, -0.2) is 0 Å². The van der Waals surface area contributed by atoms with Gasteiger partial charge in [-0.1, -0.05) is 237 Å². The molecular weight excluding hydrogens is 1140 g/mol. The third-order valence-corrected chi connectivity index (χ3v) is 19.0. The van der Waals surface area contributed by atoms with E-state index < -0.39 is 0 Å². The average molecular weight is 1200 g/mol. The van der Waals surface area contributed by atoms with Gasteiger partial charge in [0.05, 0.1) is 44.1 Å². The highest BCUT2D eigenvalue weighted by Gasteiger charge is 2.24. The number of hydrogen-bond donors (Lipinski definition) is 0. The van der Waals surface area contributed by atoms with Crippen molar-refractivity contribution in [2.75, 3.05) is 0 Å². The summed E-state index contributed by atoms with van der Waals surface area (Å²) in [6.45, 7) is 0. The predicted octanol–water partition coefficient (Wildman–Crippen LogP) is 22.3. The summed E-state index contributed by atoms with van der Waals surface area (Å²) in [5, 5.41) is 9.30. The van der Waals surface area contributed by atoms with E-state index in [4.69, 9.17) is 15.0 Å². The minimum atomic E-state index is 0.515. The van der Waals surface area contributed by atoms with Crippen molar-refractivity contribution in [3.8, 4) is 90.3 Å². The van der Waals surface area contributed by atoms with Crippen LogP contribution in [0, 0.1) is 0 Å². The summed E-state index contributed by atoms with van der Waals surface area (Å²) in [5.41, 5.74) is 23.1. The highest BCUT2D eigenvalue weighted by molar-refractivity contribution is 6.14. The molecule has 5 heterocycles. The normalized spacial score (nSPS) is 11.8. The van der Waals surface area contributed by atoms with E-state index >= 15 is 0 Å². The Morgan fingerprint density at radius 3 is 0.989 bits per heavy atom. The van der Waals surface area contributed by atoms with Crippen LogP contribution in [-0.2, 0) is 0 Å². The summed E-state index contributed by atoms with van der Waals surface area (Å²) >= 11 is 0. The Hall–Kier alpha value is -12.7. The fourth-order valence-electron chi connectivity index (χ4n) is 14.7. The lowest BCUT2D eigenvalue weighted by molar-refractivity contribution is 0.893. The highest BCUT2D eigenvalue weighted by atomic mass is 15.3. The zero-order valence-electron chi connectivity index (χ0n) is 50.9. The summed E-state index contributed by atoms with van der Waals surface area (Å²) in [5.74, 6) is 1.59. The van der Waals surface area contributed by atoms with Crippen LogP contribution in [0.3, 0.4) is 0 Å². The van der Waals surface area contributed by atoms with E-state index in [0.29, 0.717) is 17.7 Å². The molecule has 19 aromatic rings. The van der Waals surface area contributed by atoms with E-state index in [-0.39, 0.29) is 0 Å². The first-order valence-corrected chi connectivity index (χ1v) is 32.0. The van der Waals surface area contributed by atoms with Gasteiger partial charge in [-0.2, -0.15) is 15.0 Å². The monoisotopic (exact) mass is 1200 g/mol. The van der Waals surface area contributed by atoms with E-state index in [1.165, 1.54) is 43.7 Å². The molecule has 0 aliphatic rings. The fourth-order valence-corrected chi connectivity index (χ4v) is 14.7. The molecule has 5 aromatic heterocycles. The molecule has 0 unspecified atom stereocenters. The maximum atomic E-state index is 5.65. The molecule has 438 valence electrons. The summed E-state index contributed by atoms with van der Waals surface area (Å²) in [6.07, 6.45) is 0. The Balaban J connectivity index is 0.801. The van der Waals surface area contributed by atoms with Gasteiger partial charge in [-0.15, -0.1) is 0 Å². The number of aromatic nitrogens is 7. The maximum absolute atomic E-state index is 5.65. The molecule has 0 saturated heterocycles. The van der Waals surface area contributed by atoms with Crippen molar-refractivity contribution in [1.82, 2.24) is 33.2 Å². The topological polar surface area (TPSA) is 58.4 Å². The Morgan fingerprint density at radius 2 is 0.500 bits per heavy atom. The van der Waals surface area contributed by atoms with Crippen LogP contribution in [0.5, 0.6) is 0 Å². The second-order valence-corrected chi connectivity index (χ2v) is 24.3. The lowest BCUT2D eigenvalue weighted by Gasteiger charge is -2.15. The molecule has 0 fully saturated rings. The first kappa shape index (κ1) is 53.2. The number of fused-ring (bicyclic) bond motifs is 12. The largest absolute Gasteiger partial charge is 0.309 e. The Bertz CT molecular complexity index is 5920. The van der Waals surface area contributed by atoms with Crippen molar-refractivity contribution < 1.29 is 0 Å². The lowest BCUT2D eigenvalue weighted by Crippen LogP contribution is -2.10. The van der Waals surface area contributed by atoms with Crippen LogP contribution in [0.2, 0.25) is 0 Å². The van der Waals surface area contributed by atoms with Gasteiger partial charge in [0.1, 0.15) is 0 Å². The van der Waals surface area contributed by atoms with Crippen LogP contribution < -0.4 is 0 Å². The smallest absolute Gasteiger partial charge is 0.240 e. The number of benzene rings is 14. The first-order chi connectivity index (χ1) is 46.6. The van der Waals surface area contributed by atoms with E-state index in [9.17, 15) is 0 Å². The molecular formula is C87H55N7. The minimum Gasteiger partial charge on any atom is -0.309 e. The van der Waals surface area contributed by atoms with E-state index in [0.717, 1.165) is 116 Å². The second kappa shape index (κ2) is 21.5. The fraction of sp³-hybridized carbons (Fsp3) is 0. The third-order valence-electron chi connectivity index (χ3n) is 19.0. The molecule has 0 saturated carbocycles. The lowest BCUT2D eigenvalue weighted by atomic mass is 9.91. The van der Waals surface area contributed by atoms with Gasteiger partial charge < -0.3 is 9.13 Å². The quantitative estimate of drug-likeness (QED) is 0.137. The molecule has 0 bridgehead atoms. The Labute approximate surface area is 541 Å². The van der Waals surface area contributed by atoms with Gasteiger partial charge in [0.25, 0.3) is 0 Å². The SMILES string of the molecule is c1ccc(-c2ccc(-c3cccc(-c4nc(-n5c6ccccc6c6cc(-c7ccc8c9ccccc9n(-c9ccccc9)c8c7)ccc65)nc(-n5c6ccccc6c6cc(-c7ccc8c9ccccc9n(-c9ccccc9)c8c7)ccc65)n4)c3)cc2-c2ccccc2)cc1. The maximum Gasteiger partial charge on any atom is 0.240 e. The average Bonchev–Trinajstić information content (AvgIpc) is 1.58. The molecule has 14 aromatic carbocycles. The molecule has 0 radical (unpaired) electrons. The molecule has 0 atom stereocenters. The van der Waals surface area contributed by atoms with Crippen LogP contribution in [0.15, 0.2) is 334 Å². The van der Waals surface area contributed by atoms with Crippen LogP contribution in [0.1, 0.15) is 0 Å². The predicted molar refractivity (Wildman–Crippen MR) is 390 cm³/mol. The van der Waals surface area contributed by atoms with Gasteiger partial charge in [-0.05, 0) is 153 Å². The van der Waals surface area contributed by atoms with Gasteiger partial charge in [-0.3, -0.25) is 9.13 Å². The van der Waals surface area contributed by atoms with Crippen molar-refractivity contribution in [2.24, 2.45) is 0 Å². The van der Waals surface area contributed by atoms with E-state index in [1.807, 2.05) is 0 Å². The van der Waals surface area contributed by atoms with Crippen LogP contribution in [-0.4, -0.2) is 33.2 Å². The zero-order valence-corrected chi connectivity index (χ0v) is 50.9. The summed E-state index contributed by atoms with van der Waals surface area (Å²) in [7, 11) is 0. The van der Waals surface area contributed by atoms with Gasteiger partial charge in [0.15, 0.2) is 5.82 Å². The van der Waals surface area contributed by atoms with Crippen molar-refractivity contribution in [3.05, 3.63) is 334 Å². The van der Waals surface area contributed by atoms with E-state index in [2.05, 4.69) is 352 Å². The van der Waals surface area contributed by atoms with Crippen LogP contribution >= 0.6 is 0 Å². The standard InChI is InChI=1S/C87H55N7/c1-5-22-56(23-6-1)67-45-40-59(51-74(67)57-24-7-2-8-25-57)58-26-21-27-64(50-58)85-88-86(93-79-38-19-15-34-70(79)75-52-60(43-48-81(75)93)62-41-46-72-68-32-13-17-36-77(68)91(83(72)54-62)65-28-9-3-10-29-65)90-87(89-85)94-80-39-20-16-35-71(80)76-53-61(44-49-82(76)94)63-42-47-73-69-33-14-18-37-78(69)92(84(73)55-63)66-30-11-4-12-31-66/h1-55H. The Morgan fingerprint density at radius 1 is 0.170 bits per heavy atom. The molecule has 0 amide bonds. The minimum absolute atomic E-state index is 0.515. The second-order valence-electron chi connectivity index (χ2n) is 24.3. The van der Waals surface area contributed by atoms with Crippen molar-refractivity contribution in [1.29, 1.82) is 0 Å². The molecule has 0 N–H and O–H groups in total. The van der Waals surface area contributed by atoms with Crippen LogP contribution in [0.25, 0.3) is 178 Å². The van der Waals surface area contributed by atoms with Crippen molar-refractivity contribution in [2.45, 2.75) is 0 Å². The number of para-hydroxylation sites is 6. The molecule has 7 nitrogen and oxygen atoms in total. The van der Waals surface area contributed by atoms with Gasteiger partial charge in [0.2, 0.25) is 11.9 Å². The van der Waals surface area contributed by atoms with Gasteiger partial charge in [0, 0.05) is 60.0 Å². The number of hydrogen-bond acceptors (Lipinski definition) is 3. The molecule has 0 spiro atoms. The molecule has 7 heteroatoms. The van der Waals surface area contributed by atoms with Gasteiger partial charge >= 0.3 is 0 Å². The molecule has 19 rings (SSSR count). The Kier molecular flexibility index (Phi) is 12.1. The number of rotatable bonds is 10. The zero-order chi connectivity index (χ0) is 61.8. The molecule has 0 aliphatic carbocycles. The molecule has 94 heavy (non-hydrogen) atoms. The van der Waals surface area contributed by atoms with E-state index in [1.54, 1.807) is 0 Å². The van der Waals surface area contributed by atoms with Crippen molar-refractivity contribution >= 4 is 87.2 Å². The third kappa shape index (κ3) is 8.56. The summed E-state index contributed by atoms with van der Waals surface area (Å²) in [4.78, 5) is 16.8. The number of nitrogens with zero attached hydrogens (tertiary/aromatic N) is 7. The summed E-state index contributed by atoms with van der Waals surface area (Å²) < 4.78 is 9.23.